The summed E-state index contributed by atoms with van der Waals surface area (Å²) in [4.78, 5) is 45.3. The number of carboxylic acid groups (broad SMARTS) is 2. The number of hydrogen-bond acceptors (Lipinski definition) is 5. The van der Waals surface area contributed by atoms with E-state index in [2.05, 4.69) is 5.32 Å². The number of carbonyl (C=O) groups is 4. The molecule has 20 heavy (non-hydrogen) atoms. The number of carboxylic acids is 2. The molecule has 0 aliphatic carbocycles. The maximum atomic E-state index is 11.7. The smallest absolute Gasteiger partial charge is 0.336 e. The van der Waals surface area contributed by atoms with Crippen LogP contribution in [0.4, 0.5) is 0 Å². The summed E-state index contributed by atoms with van der Waals surface area (Å²) in [6.45, 7) is 0.863. The van der Waals surface area contributed by atoms with Crippen LogP contribution in [-0.4, -0.2) is 40.5 Å². The molecule has 1 aromatic rings. The Morgan fingerprint density at radius 3 is 1.85 bits per heavy atom. The van der Waals surface area contributed by atoms with Crippen molar-refractivity contribution in [3.63, 3.8) is 0 Å². The van der Waals surface area contributed by atoms with E-state index < -0.39 is 34.8 Å². The Balaban J connectivity index is 3.61. The molecule has 0 heterocycles. The van der Waals surface area contributed by atoms with E-state index in [0.717, 1.165) is 19.1 Å². The van der Waals surface area contributed by atoms with Gasteiger partial charge in [-0.05, 0) is 19.1 Å². The van der Waals surface area contributed by atoms with Crippen LogP contribution >= 0.6 is 0 Å². The highest BCUT2D eigenvalue weighted by Gasteiger charge is 2.23. The van der Waals surface area contributed by atoms with Crippen molar-refractivity contribution < 1.29 is 29.4 Å². The highest BCUT2D eigenvalue weighted by Crippen LogP contribution is 2.19. The minimum absolute atomic E-state index is 0.241. The Morgan fingerprint density at radius 2 is 1.45 bits per heavy atom. The van der Waals surface area contributed by atoms with Crippen LogP contribution in [0.1, 0.15) is 48.4 Å². The molecule has 5 N–H and O–H groups in total. The van der Waals surface area contributed by atoms with Crippen molar-refractivity contribution in [1.82, 2.24) is 5.32 Å². The van der Waals surface area contributed by atoms with Crippen molar-refractivity contribution in [1.29, 1.82) is 0 Å². The second kappa shape index (κ2) is 5.93. The Labute approximate surface area is 113 Å². The average molecular weight is 280 g/mol. The first-order valence-electron chi connectivity index (χ1n) is 5.43. The summed E-state index contributed by atoms with van der Waals surface area (Å²) in [5, 5.41) is 20.2. The zero-order chi connectivity index (χ0) is 15.4. The zero-order valence-corrected chi connectivity index (χ0v) is 10.5. The fourth-order valence-electron chi connectivity index (χ4n) is 1.62. The largest absolute Gasteiger partial charge is 0.478 e. The Morgan fingerprint density at radius 1 is 1.00 bits per heavy atom. The first-order chi connectivity index (χ1) is 9.29. The topological polar surface area (TPSA) is 147 Å². The highest BCUT2D eigenvalue weighted by molar-refractivity contribution is 6.11. The predicted octanol–water partition coefficient (Wildman–Crippen LogP) is -0.0684. The highest BCUT2D eigenvalue weighted by atomic mass is 16.4. The van der Waals surface area contributed by atoms with E-state index >= 15 is 0 Å². The van der Waals surface area contributed by atoms with Gasteiger partial charge in [0.1, 0.15) is 0 Å². The normalized spacial score (nSPS) is 9.90. The molecule has 0 spiro atoms. The van der Waals surface area contributed by atoms with Gasteiger partial charge in [-0.1, -0.05) is 0 Å². The van der Waals surface area contributed by atoms with Gasteiger partial charge in [0.05, 0.1) is 23.4 Å². The van der Waals surface area contributed by atoms with Crippen LogP contribution in [0.25, 0.3) is 0 Å². The standard InChI is InChI=1S/C12H12N2O6/c1-5(15)6-2-9(12(19)20)7(10(16)14-4-13)3-8(6)11(17)18/h2-3H,4,13H2,1H3,(H,14,16)(H,17,18)(H,19,20). The molecule has 0 fully saturated rings. The van der Waals surface area contributed by atoms with Crippen molar-refractivity contribution in [2.45, 2.75) is 6.92 Å². The first-order valence-corrected chi connectivity index (χ1v) is 5.43. The van der Waals surface area contributed by atoms with E-state index in [1.165, 1.54) is 0 Å². The Bertz CT molecular complexity index is 608. The maximum absolute atomic E-state index is 11.7. The molecule has 1 amide bonds. The summed E-state index contributed by atoms with van der Waals surface area (Å²) in [5.41, 5.74) is 3.56. The van der Waals surface area contributed by atoms with Gasteiger partial charge in [-0.2, -0.15) is 0 Å². The van der Waals surface area contributed by atoms with Crippen molar-refractivity contribution in [3.05, 3.63) is 34.4 Å². The van der Waals surface area contributed by atoms with Crippen LogP contribution in [0.5, 0.6) is 0 Å². The number of hydrogen-bond donors (Lipinski definition) is 4. The fourth-order valence-corrected chi connectivity index (χ4v) is 1.62. The van der Waals surface area contributed by atoms with E-state index in [9.17, 15) is 19.2 Å². The third-order valence-corrected chi connectivity index (χ3v) is 2.51. The van der Waals surface area contributed by atoms with Crippen LogP contribution < -0.4 is 11.1 Å². The molecule has 1 rings (SSSR count). The van der Waals surface area contributed by atoms with Crippen LogP contribution in [-0.2, 0) is 0 Å². The van der Waals surface area contributed by atoms with E-state index in [0.29, 0.717) is 0 Å². The fraction of sp³-hybridized carbons (Fsp3) is 0.167. The number of Topliss-reactive ketones (excluding diaryl/α,β-unsaturated/α-hetero) is 1. The van der Waals surface area contributed by atoms with Gasteiger partial charge >= 0.3 is 11.9 Å². The molecule has 0 atom stereocenters. The quantitative estimate of drug-likeness (QED) is 0.436. The monoisotopic (exact) mass is 280 g/mol. The molecular formula is C12H12N2O6. The van der Waals surface area contributed by atoms with Crippen molar-refractivity contribution in [2.24, 2.45) is 5.73 Å². The minimum atomic E-state index is -1.45. The molecule has 0 aliphatic rings. The number of nitrogens with one attached hydrogen (secondary N) is 1. The summed E-state index contributed by atoms with van der Waals surface area (Å²) in [7, 11) is 0. The van der Waals surface area contributed by atoms with Gasteiger partial charge in [-0.15, -0.1) is 0 Å². The van der Waals surface area contributed by atoms with Gasteiger partial charge in [-0.25, -0.2) is 9.59 Å². The molecule has 0 unspecified atom stereocenters. The van der Waals surface area contributed by atoms with E-state index in [-0.39, 0.29) is 17.8 Å². The number of ketones is 1. The number of carbonyl (C=O) groups excluding carboxylic acids is 2. The third kappa shape index (κ3) is 2.98. The molecule has 0 saturated heterocycles. The minimum Gasteiger partial charge on any atom is -0.478 e. The van der Waals surface area contributed by atoms with Gasteiger partial charge in [-0.3, -0.25) is 9.59 Å². The SMILES string of the molecule is CC(=O)c1cc(C(=O)O)c(C(=O)NCN)cc1C(=O)O. The summed E-state index contributed by atoms with van der Waals surface area (Å²) in [6.07, 6.45) is 0. The summed E-state index contributed by atoms with van der Waals surface area (Å²) >= 11 is 0. The molecule has 1 aromatic carbocycles. The van der Waals surface area contributed by atoms with Gasteiger partial charge < -0.3 is 21.3 Å². The number of rotatable bonds is 5. The first kappa shape index (κ1) is 15.3. The molecule has 0 aliphatic heterocycles. The average Bonchev–Trinajstić information content (AvgIpc) is 2.36. The van der Waals surface area contributed by atoms with Crippen LogP contribution in [0.2, 0.25) is 0 Å². The maximum Gasteiger partial charge on any atom is 0.336 e. The number of nitrogens with two attached hydrogens (primary N) is 1. The summed E-state index contributed by atoms with van der Waals surface area (Å²) < 4.78 is 0. The van der Waals surface area contributed by atoms with Gasteiger partial charge in [0, 0.05) is 5.56 Å². The lowest BCUT2D eigenvalue weighted by molar-refractivity contribution is 0.0676. The Hall–Kier alpha value is -2.74. The number of benzene rings is 1. The molecule has 106 valence electrons. The molecule has 0 saturated carbocycles. The summed E-state index contributed by atoms with van der Waals surface area (Å²) in [5.74, 6) is -4.33. The third-order valence-electron chi connectivity index (χ3n) is 2.51. The molecule has 0 radical (unpaired) electrons. The van der Waals surface area contributed by atoms with Crippen LogP contribution in [0, 0.1) is 0 Å². The lowest BCUT2D eigenvalue weighted by Crippen LogP contribution is -2.31. The van der Waals surface area contributed by atoms with Gasteiger partial charge in [0.15, 0.2) is 5.78 Å². The zero-order valence-electron chi connectivity index (χ0n) is 10.5. The number of amides is 1. The molecule has 0 aromatic heterocycles. The van der Waals surface area contributed by atoms with Gasteiger partial charge in [0.25, 0.3) is 5.91 Å². The number of aromatic carboxylic acids is 2. The van der Waals surface area contributed by atoms with E-state index in [1.807, 2.05) is 0 Å². The van der Waals surface area contributed by atoms with Crippen LogP contribution in [0.3, 0.4) is 0 Å². The lowest BCUT2D eigenvalue weighted by atomic mass is 9.95. The molecule has 8 nitrogen and oxygen atoms in total. The summed E-state index contributed by atoms with van der Waals surface area (Å²) in [6, 6.07) is 1.73. The van der Waals surface area contributed by atoms with Gasteiger partial charge in [0.2, 0.25) is 0 Å². The Kier molecular flexibility index (Phi) is 4.54. The molecule has 0 bridgehead atoms. The van der Waals surface area contributed by atoms with Crippen LogP contribution in [0.15, 0.2) is 12.1 Å². The lowest BCUT2D eigenvalue weighted by Gasteiger charge is -2.10. The van der Waals surface area contributed by atoms with Crippen molar-refractivity contribution in [2.75, 3.05) is 6.67 Å². The van der Waals surface area contributed by atoms with Crippen molar-refractivity contribution in [3.8, 4) is 0 Å². The van der Waals surface area contributed by atoms with E-state index in [1.54, 1.807) is 0 Å². The second-order valence-corrected chi connectivity index (χ2v) is 3.82. The second-order valence-electron chi connectivity index (χ2n) is 3.82. The molecular weight excluding hydrogens is 268 g/mol. The van der Waals surface area contributed by atoms with Crippen molar-refractivity contribution >= 4 is 23.6 Å². The van der Waals surface area contributed by atoms with E-state index in [4.69, 9.17) is 15.9 Å². The predicted molar refractivity (Wildman–Crippen MR) is 66.9 cm³/mol. The molecule has 8 heteroatoms.